The van der Waals surface area contributed by atoms with Gasteiger partial charge in [-0.05, 0) is 87.0 Å². The van der Waals surface area contributed by atoms with Crippen LogP contribution in [-0.2, 0) is 17.7 Å². The van der Waals surface area contributed by atoms with E-state index in [4.69, 9.17) is 9.94 Å². The van der Waals surface area contributed by atoms with E-state index < -0.39 is 11.6 Å². The van der Waals surface area contributed by atoms with E-state index in [0.717, 1.165) is 57.5 Å². The predicted octanol–water partition coefficient (Wildman–Crippen LogP) is 5.61. The third-order valence-electron chi connectivity index (χ3n) is 7.79. The van der Waals surface area contributed by atoms with Crippen molar-refractivity contribution in [2.45, 2.75) is 51.7 Å². The number of para-hydroxylation sites is 1. The Balaban J connectivity index is 1.48. The maximum Gasteiger partial charge on any atom is 0.274 e. The van der Waals surface area contributed by atoms with E-state index in [1.165, 1.54) is 27.7 Å². The lowest BCUT2D eigenvalue weighted by Gasteiger charge is -2.35. The van der Waals surface area contributed by atoms with Crippen LogP contribution >= 0.6 is 0 Å². The number of aromatic nitrogens is 1. The zero-order valence-corrected chi connectivity index (χ0v) is 22.4. The molecule has 3 aromatic rings. The van der Waals surface area contributed by atoms with Crippen molar-refractivity contribution in [1.82, 2.24) is 14.9 Å². The smallest absolute Gasteiger partial charge is 0.274 e. The molecule has 0 saturated carbocycles. The van der Waals surface area contributed by atoms with Gasteiger partial charge in [-0.2, -0.15) is 0 Å². The summed E-state index contributed by atoms with van der Waals surface area (Å²) in [6, 6.07) is 16.1. The van der Waals surface area contributed by atoms with Crippen LogP contribution in [0.2, 0.25) is 0 Å². The van der Waals surface area contributed by atoms with E-state index in [1.54, 1.807) is 31.5 Å². The van der Waals surface area contributed by atoms with Crippen molar-refractivity contribution in [1.29, 1.82) is 0 Å². The van der Waals surface area contributed by atoms with Crippen molar-refractivity contribution in [3.05, 3.63) is 77.0 Å². The lowest BCUT2D eigenvalue weighted by molar-refractivity contribution is 0.0706. The van der Waals surface area contributed by atoms with Gasteiger partial charge in [-0.1, -0.05) is 36.4 Å². The minimum atomic E-state index is -1.17. The van der Waals surface area contributed by atoms with Crippen molar-refractivity contribution in [3.63, 3.8) is 0 Å². The van der Waals surface area contributed by atoms with Gasteiger partial charge in [0.15, 0.2) is 0 Å². The predicted molar refractivity (Wildman–Crippen MR) is 148 cm³/mol. The molecule has 1 saturated heterocycles. The maximum atomic E-state index is 14.2. The number of hydrogen-bond donors (Lipinski definition) is 2. The van der Waals surface area contributed by atoms with Gasteiger partial charge in [0.1, 0.15) is 5.67 Å². The quantitative estimate of drug-likeness (QED) is 0.300. The molecule has 0 radical (unpaired) electrons. The van der Waals surface area contributed by atoms with Crippen LogP contribution in [0.15, 0.2) is 54.6 Å². The van der Waals surface area contributed by atoms with Crippen molar-refractivity contribution in [2.75, 3.05) is 32.8 Å². The summed E-state index contributed by atoms with van der Waals surface area (Å²) in [4.78, 5) is 14.1. The van der Waals surface area contributed by atoms with E-state index in [-0.39, 0.29) is 0 Å². The van der Waals surface area contributed by atoms with Crippen LogP contribution in [0.1, 0.15) is 60.3 Å². The Labute approximate surface area is 224 Å². The monoisotopic (exact) mass is 519 g/mol. The second-order valence-corrected chi connectivity index (χ2v) is 11.3. The van der Waals surface area contributed by atoms with E-state index >= 15 is 0 Å². The molecule has 1 fully saturated rings. The Morgan fingerprint density at radius 1 is 1.13 bits per heavy atom. The van der Waals surface area contributed by atoms with Gasteiger partial charge in [-0.3, -0.25) is 10.0 Å². The first-order chi connectivity index (χ1) is 18.3. The molecule has 0 unspecified atom stereocenters. The molecule has 1 amide bonds. The molecule has 3 heterocycles. The molecule has 2 aromatic carbocycles. The number of nitrogens with zero attached hydrogens (tertiary/aromatic N) is 2. The molecule has 2 N–H and O–H groups in total. The molecule has 0 spiro atoms. The standard InChI is InChI=1S/C31H38FN3O3/c1-31(2,32)21-34-15-11-23(12-16-34)20-35-28-6-4-3-5-26(28)27(29(35)24-13-17-38-18-14-24)19-22-7-9-25(10-8-22)30(36)33-37/h3-10,13,23,37H,11-12,14-21H2,1-2H3,(H,33,36). The molecule has 0 aliphatic carbocycles. The van der Waals surface area contributed by atoms with Crippen LogP contribution in [0.3, 0.4) is 0 Å². The number of hydrogen-bond acceptors (Lipinski definition) is 4. The van der Waals surface area contributed by atoms with Gasteiger partial charge in [0, 0.05) is 41.7 Å². The Hall–Kier alpha value is -3.00. The number of nitrogens with one attached hydrogen (secondary N) is 1. The normalized spacial score (nSPS) is 17.5. The van der Waals surface area contributed by atoms with E-state index in [1.807, 2.05) is 12.1 Å². The number of likely N-dealkylation sites (tertiary alicyclic amines) is 1. The topological polar surface area (TPSA) is 66.7 Å². The van der Waals surface area contributed by atoms with E-state index in [9.17, 15) is 9.18 Å². The van der Waals surface area contributed by atoms with Crippen molar-refractivity contribution in [3.8, 4) is 0 Å². The van der Waals surface area contributed by atoms with E-state index in [0.29, 0.717) is 24.6 Å². The van der Waals surface area contributed by atoms with Gasteiger partial charge in [0.2, 0.25) is 0 Å². The van der Waals surface area contributed by atoms with Crippen LogP contribution < -0.4 is 5.48 Å². The fourth-order valence-electron chi connectivity index (χ4n) is 6.01. The minimum Gasteiger partial charge on any atom is -0.377 e. The molecule has 7 heteroatoms. The number of fused-ring (bicyclic) bond motifs is 1. The zero-order chi connectivity index (χ0) is 26.7. The molecule has 2 aliphatic rings. The summed E-state index contributed by atoms with van der Waals surface area (Å²) in [7, 11) is 0. The van der Waals surface area contributed by atoms with Crippen molar-refractivity contribution in [2.24, 2.45) is 5.92 Å². The first kappa shape index (κ1) is 26.6. The molecule has 5 rings (SSSR count). The SMILES string of the molecule is CC(C)(F)CN1CCC(Cn2c(C3=CCOCC3)c(Cc3ccc(C(=O)NO)cc3)c3ccccc32)CC1. The van der Waals surface area contributed by atoms with Crippen LogP contribution in [0.5, 0.6) is 0 Å². The number of alkyl halides is 1. The minimum absolute atomic E-state index is 0.425. The fourth-order valence-corrected chi connectivity index (χ4v) is 6.01. The van der Waals surface area contributed by atoms with Gasteiger partial charge in [-0.25, -0.2) is 9.87 Å². The maximum absolute atomic E-state index is 14.2. The fraction of sp³-hybridized carbons (Fsp3) is 0.452. The number of carbonyl (C=O) groups excluding carboxylic acids is 1. The van der Waals surface area contributed by atoms with Gasteiger partial charge >= 0.3 is 0 Å². The molecule has 38 heavy (non-hydrogen) atoms. The summed E-state index contributed by atoms with van der Waals surface area (Å²) in [5, 5.41) is 10.2. The molecule has 1 aromatic heterocycles. The van der Waals surface area contributed by atoms with Crippen LogP contribution in [0.25, 0.3) is 16.5 Å². The number of amides is 1. The Morgan fingerprint density at radius 3 is 2.53 bits per heavy atom. The summed E-state index contributed by atoms with van der Waals surface area (Å²) in [5.74, 6) is 0.0235. The van der Waals surface area contributed by atoms with Crippen molar-refractivity contribution >= 4 is 22.4 Å². The van der Waals surface area contributed by atoms with Gasteiger partial charge < -0.3 is 14.2 Å². The molecule has 0 bridgehead atoms. The second-order valence-electron chi connectivity index (χ2n) is 11.3. The molecular formula is C31H38FN3O3. The zero-order valence-electron chi connectivity index (χ0n) is 22.4. The lowest BCUT2D eigenvalue weighted by atomic mass is 9.94. The summed E-state index contributed by atoms with van der Waals surface area (Å²) in [5.41, 5.74) is 7.23. The van der Waals surface area contributed by atoms with Crippen LogP contribution in [-0.4, -0.2) is 59.1 Å². The highest BCUT2D eigenvalue weighted by Crippen LogP contribution is 2.37. The lowest BCUT2D eigenvalue weighted by Crippen LogP contribution is -2.41. The Kier molecular flexibility index (Phi) is 7.98. The van der Waals surface area contributed by atoms with E-state index in [2.05, 4.69) is 39.8 Å². The molecule has 0 atom stereocenters. The second kappa shape index (κ2) is 11.4. The number of piperidine rings is 1. The summed E-state index contributed by atoms with van der Waals surface area (Å²) in [6.45, 7) is 7.97. The highest BCUT2D eigenvalue weighted by molar-refractivity contribution is 5.93. The Morgan fingerprint density at radius 2 is 1.87 bits per heavy atom. The average Bonchev–Trinajstić information content (AvgIpc) is 3.22. The number of benzene rings is 2. The number of ether oxygens (including phenoxy) is 1. The molecule has 2 aliphatic heterocycles. The molecular weight excluding hydrogens is 481 g/mol. The third-order valence-corrected chi connectivity index (χ3v) is 7.79. The summed E-state index contributed by atoms with van der Waals surface area (Å²) < 4.78 is 22.4. The number of hydroxylamine groups is 1. The molecule has 6 nitrogen and oxygen atoms in total. The highest BCUT2D eigenvalue weighted by Gasteiger charge is 2.28. The first-order valence-electron chi connectivity index (χ1n) is 13.6. The van der Waals surface area contributed by atoms with Crippen LogP contribution in [0, 0.1) is 5.92 Å². The largest absolute Gasteiger partial charge is 0.377 e. The van der Waals surface area contributed by atoms with Gasteiger partial charge in [0.05, 0.1) is 13.2 Å². The number of carbonyl (C=O) groups is 1. The number of halogens is 1. The van der Waals surface area contributed by atoms with Gasteiger partial charge in [-0.15, -0.1) is 0 Å². The van der Waals surface area contributed by atoms with Crippen molar-refractivity contribution < 1.29 is 19.1 Å². The molecule has 202 valence electrons. The summed E-state index contributed by atoms with van der Waals surface area (Å²) >= 11 is 0. The highest BCUT2D eigenvalue weighted by atomic mass is 19.1. The van der Waals surface area contributed by atoms with Crippen LogP contribution in [0.4, 0.5) is 4.39 Å². The first-order valence-corrected chi connectivity index (χ1v) is 13.6. The van der Waals surface area contributed by atoms with Gasteiger partial charge in [0.25, 0.3) is 5.91 Å². The summed E-state index contributed by atoms with van der Waals surface area (Å²) in [6.07, 6.45) is 5.97. The number of rotatable bonds is 8. The third kappa shape index (κ3) is 6.01. The average molecular weight is 520 g/mol. The Bertz CT molecular complexity index is 1300.